The molecule has 0 amide bonds. The van der Waals surface area contributed by atoms with Crippen LogP contribution in [0.3, 0.4) is 0 Å². The Bertz CT molecular complexity index is 647. The lowest BCUT2D eigenvalue weighted by molar-refractivity contribution is 0.140. The van der Waals surface area contributed by atoms with Crippen LogP contribution in [-0.2, 0) is 4.74 Å². The lowest BCUT2D eigenvalue weighted by atomic mass is 9.94. The Morgan fingerprint density at radius 2 is 2.04 bits per heavy atom. The minimum absolute atomic E-state index is 0.252. The number of aliphatic hydroxyl groups is 1. The lowest BCUT2D eigenvalue weighted by Crippen LogP contribution is -2.51. The highest BCUT2D eigenvalue weighted by atomic mass is 16.5. The first kappa shape index (κ1) is 16.7. The van der Waals surface area contributed by atoms with Crippen LogP contribution in [0.2, 0.25) is 0 Å². The summed E-state index contributed by atoms with van der Waals surface area (Å²) < 4.78 is 5.57. The molecule has 2 N–H and O–H groups in total. The van der Waals surface area contributed by atoms with Crippen molar-refractivity contribution in [3.8, 4) is 0 Å². The summed E-state index contributed by atoms with van der Waals surface area (Å²) in [6, 6.07) is 2.12. The topological polar surface area (TPSA) is 73.8 Å². The van der Waals surface area contributed by atoms with E-state index in [0.29, 0.717) is 24.5 Å². The second-order valence-electron chi connectivity index (χ2n) is 8.37. The standard InChI is InChI=1S/C19H29N5O2/c25-15-10-23(11-15)18-21-16(14-3-8-26-12-14)9-17(22-18)20-13-19-4-1-6-24(19)7-2-5-19/h9,14-15,25H,1-8,10-13H2,(H,20,21,22)/t14-/m1/s1. The van der Waals surface area contributed by atoms with Crippen molar-refractivity contribution in [3.05, 3.63) is 11.8 Å². The Morgan fingerprint density at radius 1 is 1.23 bits per heavy atom. The third kappa shape index (κ3) is 2.96. The third-order valence-electron chi connectivity index (χ3n) is 6.64. The fourth-order valence-electron chi connectivity index (χ4n) is 5.05. The van der Waals surface area contributed by atoms with Gasteiger partial charge >= 0.3 is 0 Å². The Morgan fingerprint density at radius 3 is 2.73 bits per heavy atom. The maximum Gasteiger partial charge on any atom is 0.227 e. The molecule has 4 saturated heterocycles. The van der Waals surface area contributed by atoms with Crippen LogP contribution in [0, 0.1) is 0 Å². The van der Waals surface area contributed by atoms with Gasteiger partial charge in [-0.1, -0.05) is 0 Å². The second-order valence-corrected chi connectivity index (χ2v) is 8.37. The Labute approximate surface area is 154 Å². The van der Waals surface area contributed by atoms with Gasteiger partial charge in [0.1, 0.15) is 5.82 Å². The minimum atomic E-state index is -0.252. The Hall–Kier alpha value is -1.44. The molecule has 1 aromatic heterocycles. The van der Waals surface area contributed by atoms with Crippen molar-refractivity contribution in [2.24, 2.45) is 0 Å². The molecule has 4 fully saturated rings. The number of aromatic nitrogens is 2. The fraction of sp³-hybridized carbons (Fsp3) is 0.789. The molecule has 142 valence electrons. The van der Waals surface area contributed by atoms with Crippen LogP contribution in [0.4, 0.5) is 11.8 Å². The molecule has 4 aliphatic heterocycles. The van der Waals surface area contributed by atoms with Gasteiger partial charge in [-0.25, -0.2) is 4.98 Å². The molecule has 0 bridgehead atoms. The van der Waals surface area contributed by atoms with Gasteiger partial charge in [-0.3, -0.25) is 4.90 Å². The highest BCUT2D eigenvalue weighted by Crippen LogP contribution is 2.39. The SMILES string of the molecule is OC1CN(c2nc(NCC34CCCN3CCC4)cc([C@@H]3CCOC3)n2)C1. The van der Waals surface area contributed by atoms with E-state index in [-0.39, 0.29) is 6.10 Å². The van der Waals surface area contributed by atoms with Gasteiger partial charge in [0, 0.05) is 43.8 Å². The summed E-state index contributed by atoms with van der Waals surface area (Å²) >= 11 is 0. The van der Waals surface area contributed by atoms with Crippen LogP contribution in [0.15, 0.2) is 6.07 Å². The van der Waals surface area contributed by atoms with Gasteiger partial charge in [-0.15, -0.1) is 0 Å². The Kier molecular flexibility index (Phi) is 4.26. The molecule has 4 aliphatic rings. The van der Waals surface area contributed by atoms with E-state index in [1.165, 1.54) is 38.8 Å². The van der Waals surface area contributed by atoms with E-state index in [9.17, 15) is 5.11 Å². The number of rotatable bonds is 5. The highest BCUT2D eigenvalue weighted by molar-refractivity contribution is 5.47. The van der Waals surface area contributed by atoms with Crippen molar-refractivity contribution >= 4 is 11.8 Å². The lowest BCUT2D eigenvalue weighted by Gasteiger charge is -2.36. The van der Waals surface area contributed by atoms with Gasteiger partial charge in [0.15, 0.2) is 0 Å². The number of hydrogen-bond acceptors (Lipinski definition) is 7. The fourth-order valence-corrected chi connectivity index (χ4v) is 5.05. The summed E-state index contributed by atoms with van der Waals surface area (Å²) in [7, 11) is 0. The molecule has 7 heteroatoms. The Balaban J connectivity index is 1.36. The number of nitrogens with zero attached hydrogens (tertiary/aromatic N) is 4. The van der Waals surface area contributed by atoms with Crippen LogP contribution in [-0.4, -0.2) is 77.6 Å². The highest BCUT2D eigenvalue weighted by Gasteiger charge is 2.44. The zero-order valence-electron chi connectivity index (χ0n) is 15.4. The molecular weight excluding hydrogens is 330 g/mol. The average molecular weight is 359 g/mol. The van der Waals surface area contributed by atoms with Crippen LogP contribution in [0.1, 0.15) is 43.7 Å². The zero-order valence-corrected chi connectivity index (χ0v) is 15.4. The van der Waals surface area contributed by atoms with E-state index in [1.807, 2.05) is 0 Å². The van der Waals surface area contributed by atoms with Crippen LogP contribution in [0.25, 0.3) is 0 Å². The quantitative estimate of drug-likeness (QED) is 0.818. The monoisotopic (exact) mass is 359 g/mol. The summed E-state index contributed by atoms with van der Waals surface area (Å²) in [5, 5.41) is 13.3. The molecule has 0 radical (unpaired) electrons. The first-order valence-electron chi connectivity index (χ1n) is 10.1. The summed E-state index contributed by atoms with van der Waals surface area (Å²) in [6.07, 6.45) is 5.98. The maximum atomic E-state index is 9.64. The molecular formula is C19H29N5O2. The maximum absolute atomic E-state index is 9.64. The van der Waals surface area contributed by atoms with Crippen molar-refractivity contribution in [2.45, 2.75) is 49.7 Å². The predicted octanol–water partition coefficient (Wildman–Crippen LogP) is 1.20. The number of hydrogen-bond donors (Lipinski definition) is 2. The first-order valence-corrected chi connectivity index (χ1v) is 10.1. The van der Waals surface area contributed by atoms with E-state index in [0.717, 1.165) is 43.6 Å². The molecule has 7 nitrogen and oxygen atoms in total. The molecule has 0 unspecified atom stereocenters. The molecule has 1 atom stereocenters. The number of β-amino-alcohol motifs (C(OH)–C–C–N with tert-alkyl or cyclic N) is 1. The van der Waals surface area contributed by atoms with E-state index < -0.39 is 0 Å². The summed E-state index contributed by atoms with van der Waals surface area (Å²) in [5.74, 6) is 2.02. The third-order valence-corrected chi connectivity index (χ3v) is 6.64. The number of fused-ring (bicyclic) bond motifs is 1. The summed E-state index contributed by atoms with van der Waals surface area (Å²) in [5.41, 5.74) is 1.40. The normalized spacial score (nSPS) is 28.3. The number of ether oxygens (including phenoxy) is 1. The van der Waals surface area contributed by atoms with Crippen molar-refractivity contribution < 1.29 is 9.84 Å². The second kappa shape index (κ2) is 6.62. The molecule has 0 aliphatic carbocycles. The van der Waals surface area contributed by atoms with E-state index in [4.69, 9.17) is 14.7 Å². The van der Waals surface area contributed by atoms with Crippen LogP contribution < -0.4 is 10.2 Å². The van der Waals surface area contributed by atoms with Gasteiger partial charge in [0.25, 0.3) is 0 Å². The number of anilines is 2. The van der Waals surface area contributed by atoms with E-state index in [1.54, 1.807) is 0 Å². The summed E-state index contributed by atoms with van der Waals surface area (Å²) in [4.78, 5) is 14.3. The van der Waals surface area contributed by atoms with Gasteiger partial charge in [-0.05, 0) is 45.2 Å². The van der Waals surface area contributed by atoms with Gasteiger partial charge in [0.05, 0.1) is 18.4 Å². The van der Waals surface area contributed by atoms with E-state index >= 15 is 0 Å². The zero-order chi connectivity index (χ0) is 17.6. The van der Waals surface area contributed by atoms with Gasteiger partial charge < -0.3 is 20.1 Å². The van der Waals surface area contributed by atoms with Crippen molar-refractivity contribution in [3.63, 3.8) is 0 Å². The molecule has 0 saturated carbocycles. The van der Waals surface area contributed by atoms with Crippen LogP contribution >= 0.6 is 0 Å². The van der Waals surface area contributed by atoms with Crippen molar-refractivity contribution in [1.82, 2.24) is 14.9 Å². The molecule has 1 aromatic rings. The largest absolute Gasteiger partial charge is 0.389 e. The van der Waals surface area contributed by atoms with Gasteiger partial charge in [0.2, 0.25) is 5.95 Å². The van der Waals surface area contributed by atoms with E-state index in [2.05, 4.69) is 21.2 Å². The predicted molar refractivity (Wildman–Crippen MR) is 99.7 cm³/mol. The number of aliphatic hydroxyl groups excluding tert-OH is 1. The smallest absolute Gasteiger partial charge is 0.227 e. The molecule has 5 rings (SSSR count). The van der Waals surface area contributed by atoms with Crippen molar-refractivity contribution in [2.75, 3.05) is 56.2 Å². The van der Waals surface area contributed by atoms with Gasteiger partial charge in [-0.2, -0.15) is 4.98 Å². The molecule has 26 heavy (non-hydrogen) atoms. The average Bonchev–Trinajstić information content (AvgIpc) is 3.33. The number of nitrogens with one attached hydrogen (secondary N) is 1. The molecule has 5 heterocycles. The minimum Gasteiger partial charge on any atom is -0.389 e. The van der Waals surface area contributed by atoms with Crippen molar-refractivity contribution in [1.29, 1.82) is 0 Å². The van der Waals surface area contributed by atoms with Crippen LogP contribution in [0.5, 0.6) is 0 Å². The first-order chi connectivity index (χ1) is 12.7. The molecule has 0 aromatic carbocycles. The summed E-state index contributed by atoms with van der Waals surface area (Å²) in [6.45, 7) is 6.26. The molecule has 0 spiro atoms.